The zero-order valence-electron chi connectivity index (χ0n) is 22.6. The number of nitrogen functional groups attached to an aromatic ring is 1. The molecule has 1 aliphatic rings. The first-order valence-electron chi connectivity index (χ1n) is 13.2. The van der Waals surface area contributed by atoms with Gasteiger partial charge in [0.2, 0.25) is 5.91 Å². The number of nitrogens with zero attached hydrogens (tertiary/aromatic N) is 2. The van der Waals surface area contributed by atoms with Crippen LogP contribution in [0.25, 0.3) is 10.8 Å². The standard InChI is InChI=1S/C31H33N5O3S/c1-35(2)28-9-3-8-26-25(28)7-4-10-29(26)40(38,39)34-24-16-17-27-23(20-24)6-5-19-36(27)30(37)18-13-21-11-14-22(15-12-21)31(32)33/h3-4,7-12,14-17,20,34H,5-6,13,18-19H2,1-2H3,(H3,32,33). The Morgan fingerprint density at radius 2 is 1.73 bits per heavy atom. The first-order valence-corrected chi connectivity index (χ1v) is 14.7. The number of nitrogens with one attached hydrogen (secondary N) is 2. The highest BCUT2D eigenvalue weighted by atomic mass is 32.2. The smallest absolute Gasteiger partial charge is 0.262 e. The normalized spacial score (nSPS) is 13.1. The Morgan fingerprint density at radius 1 is 1.00 bits per heavy atom. The molecule has 0 radical (unpaired) electrons. The third kappa shape index (κ3) is 5.51. The lowest BCUT2D eigenvalue weighted by molar-refractivity contribution is -0.118. The van der Waals surface area contributed by atoms with Gasteiger partial charge >= 0.3 is 0 Å². The number of amides is 1. The number of nitrogens with two attached hydrogens (primary N) is 1. The molecule has 0 spiro atoms. The fourth-order valence-corrected chi connectivity index (χ4v) is 6.53. The number of aryl methyl sites for hydroxylation is 2. The topological polar surface area (TPSA) is 120 Å². The van der Waals surface area contributed by atoms with Crippen molar-refractivity contribution in [1.29, 1.82) is 5.41 Å². The third-order valence-corrected chi connectivity index (χ3v) is 8.71. The Morgan fingerprint density at radius 3 is 2.45 bits per heavy atom. The van der Waals surface area contributed by atoms with E-state index in [2.05, 4.69) is 4.72 Å². The third-order valence-electron chi connectivity index (χ3n) is 7.27. The number of benzene rings is 4. The first-order chi connectivity index (χ1) is 19.1. The number of sulfonamides is 1. The van der Waals surface area contributed by atoms with Crippen LogP contribution >= 0.6 is 0 Å². The summed E-state index contributed by atoms with van der Waals surface area (Å²) in [5, 5.41) is 9.04. The highest BCUT2D eigenvalue weighted by Crippen LogP contribution is 2.33. The molecule has 0 atom stereocenters. The van der Waals surface area contributed by atoms with Gasteiger partial charge in [-0.25, -0.2) is 8.42 Å². The van der Waals surface area contributed by atoms with Crippen LogP contribution in [0, 0.1) is 5.41 Å². The van der Waals surface area contributed by atoms with Gasteiger partial charge in [0, 0.05) is 60.5 Å². The molecule has 1 aliphatic heterocycles. The Kier molecular flexibility index (Phi) is 7.49. The van der Waals surface area contributed by atoms with Crippen molar-refractivity contribution in [2.24, 2.45) is 5.73 Å². The van der Waals surface area contributed by atoms with Gasteiger partial charge in [0.1, 0.15) is 5.84 Å². The fourth-order valence-electron chi connectivity index (χ4n) is 5.26. The molecule has 1 heterocycles. The summed E-state index contributed by atoms with van der Waals surface area (Å²) in [6.45, 7) is 0.629. The zero-order chi connectivity index (χ0) is 28.4. The minimum absolute atomic E-state index is 0.0183. The molecule has 40 heavy (non-hydrogen) atoms. The average molecular weight is 556 g/mol. The second-order valence-corrected chi connectivity index (χ2v) is 11.9. The molecule has 4 aromatic rings. The van der Waals surface area contributed by atoms with Crippen LogP contribution in [0.4, 0.5) is 17.1 Å². The molecule has 0 bridgehead atoms. The van der Waals surface area contributed by atoms with E-state index >= 15 is 0 Å². The van der Waals surface area contributed by atoms with Gasteiger partial charge in [-0.1, -0.05) is 48.5 Å². The van der Waals surface area contributed by atoms with Gasteiger partial charge in [0.05, 0.1) is 4.90 Å². The van der Waals surface area contributed by atoms with E-state index in [0.29, 0.717) is 36.0 Å². The number of rotatable bonds is 8. The number of hydrogen-bond donors (Lipinski definition) is 3. The van der Waals surface area contributed by atoms with Crippen molar-refractivity contribution < 1.29 is 13.2 Å². The summed E-state index contributed by atoms with van der Waals surface area (Å²) in [6, 6.07) is 23.7. The van der Waals surface area contributed by atoms with Gasteiger partial charge in [0.15, 0.2) is 0 Å². The Bertz CT molecular complexity index is 1700. The van der Waals surface area contributed by atoms with E-state index in [1.165, 1.54) is 0 Å². The van der Waals surface area contributed by atoms with E-state index in [-0.39, 0.29) is 16.6 Å². The molecule has 4 aromatic carbocycles. The molecule has 4 N–H and O–H groups in total. The van der Waals surface area contributed by atoms with E-state index in [9.17, 15) is 13.2 Å². The highest BCUT2D eigenvalue weighted by Gasteiger charge is 2.24. The van der Waals surface area contributed by atoms with Crippen LogP contribution in [0.5, 0.6) is 0 Å². The van der Waals surface area contributed by atoms with Crippen molar-refractivity contribution in [1.82, 2.24) is 0 Å². The molecule has 0 unspecified atom stereocenters. The van der Waals surface area contributed by atoms with E-state index in [1.54, 1.807) is 35.2 Å². The summed E-state index contributed by atoms with van der Waals surface area (Å²) in [4.78, 5) is 17.2. The van der Waals surface area contributed by atoms with Gasteiger partial charge in [-0.3, -0.25) is 14.9 Å². The second kappa shape index (κ2) is 11.0. The van der Waals surface area contributed by atoms with Crippen LogP contribution < -0.4 is 20.3 Å². The predicted octanol–water partition coefficient (Wildman–Crippen LogP) is 4.90. The maximum atomic E-state index is 13.5. The first kappa shape index (κ1) is 27.2. The molecular weight excluding hydrogens is 522 g/mol. The molecule has 0 fully saturated rings. The number of carbonyl (C=O) groups is 1. The molecule has 5 rings (SSSR count). The van der Waals surface area contributed by atoms with Gasteiger partial charge < -0.3 is 15.5 Å². The van der Waals surface area contributed by atoms with Gasteiger partial charge in [-0.05, 0) is 60.7 Å². The van der Waals surface area contributed by atoms with Crippen molar-refractivity contribution >= 4 is 49.6 Å². The molecule has 8 nitrogen and oxygen atoms in total. The summed E-state index contributed by atoms with van der Waals surface area (Å²) < 4.78 is 29.8. The van der Waals surface area contributed by atoms with Gasteiger partial charge in [-0.15, -0.1) is 0 Å². The van der Waals surface area contributed by atoms with Crippen molar-refractivity contribution in [3.63, 3.8) is 0 Å². The lowest BCUT2D eigenvalue weighted by Crippen LogP contribution is -2.35. The van der Waals surface area contributed by atoms with E-state index in [1.807, 2.05) is 67.5 Å². The van der Waals surface area contributed by atoms with Crippen LogP contribution in [0.1, 0.15) is 29.5 Å². The van der Waals surface area contributed by atoms with E-state index < -0.39 is 10.0 Å². The minimum Gasteiger partial charge on any atom is -0.384 e. The summed E-state index contributed by atoms with van der Waals surface area (Å²) in [6.07, 6.45) is 2.51. The predicted molar refractivity (Wildman–Crippen MR) is 162 cm³/mol. The molecule has 0 aliphatic carbocycles. The number of carbonyl (C=O) groups excluding carboxylic acids is 1. The lowest BCUT2D eigenvalue weighted by Gasteiger charge is -2.30. The second-order valence-electron chi connectivity index (χ2n) is 10.2. The molecule has 0 saturated carbocycles. The number of hydrogen-bond acceptors (Lipinski definition) is 5. The molecule has 0 saturated heterocycles. The van der Waals surface area contributed by atoms with Crippen LogP contribution in [-0.2, 0) is 27.7 Å². The number of anilines is 3. The van der Waals surface area contributed by atoms with Gasteiger partial charge in [0.25, 0.3) is 10.0 Å². The summed E-state index contributed by atoms with van der Waals surface area (Å²) in [5.74, 6) is 0.0437. The summed E-state index contributed by atoms with van der Waals surface area (Å²) >= 11 is 0. The van der Waals surface area contributed by atoms with Crippen molar-refractivity contribution in [2.75, 3.05) is 35.2 Å². The van der Waals surface area contributed by atoms with Crippen LogP contribution in [-0.4, -0.2) is 40.8 Å². The molecule has 1 amide bonds. The van der Waals surface area contributed by atoms with E-state index in [0.717, 1.165) is 40.7 Å². The van der Waals surface area contributed by atoms with Crippen molar-refractivity contribution in [2.45, 2.75) is 30.6 Å². The highest BCUT2D eigenvalue weighted by molar-refractivity contribution is 7.93. The monoisotopic (exact) mass is 555 g/mol. The maximum Gasteiger partial charge on any atom is 0.262 e. The Hall–Kier alpha value is -4.37. The van der Waals surface area contributed by atoms with Crippen LogP contribution in [0.3, 0.4) is 0 Å². The van der Waals surface area contributed by atoms with Crippen molar-refractivity contribution in [3.8, 4) is 0 Å². The number of amidine groups is 1. The van der Waals surface area contributed by atoms with E-state index in [4.69, 9.17) is 11.1 Å². The lowest BCUT2D eigenvalue weighted by atomic mass is 10.00. The zero-order valence-corrected chi connectivity index (χ0v) is 23.5. The maximum absolute atomic E-state index is 13.5. The Labute approximate surface area is 235 Å². The van der Waals surface area contributed by atoms with Crippen LogP contribution in [0.2, 0.25) is 0 Å². The Balaban J connectivity index is 1.34. The van der Waals surface area contributed by atoms with Gasteiger partial charge in [-0.2, -0.15) is 0 Å². The molecule has 206 valence electrons. The fraction of sp³-hybridized carbons (Fsp3) is 0.226. The average Bonchev–Trinajstić information content (AvgIpc) is 2.94. The summed E-state index contributed by atoms with van der Waals surface area (Å²) in [5.41, 5.74) is 10.4. The molecular formula is C31H33N5O3S. The number of fused-ring (bicyclic) bond motifs is 2. The largest absolute Gasteiger partial charge is 0.384 e. The minimum atomic E-state index is -3.86. The quantitative estimate of drug-likeness (QED) is 0.211. The van der Waals surface area contributed by atoms with Crippen molar-refractivity contribution in [3.05, 3.63) is 95.6 Å². The molecule has 0 aromatic heterocycles. The summed E-state index contributed by atoms with van der Waals surface area (Å²) in [7, 11) is 0.00876. The SMILES string of the molecule is CN(C)c1cccc2c(S(=O)(=O)Nc3ccc4c(c3)CCCN4C(=O)CCc3ccc(C(=N)N)cc3)cccc12. The molecule has 9 heteroatoms. The van der Waals surface area contributed by atoms with Crippen LogP contribution in [0.15, 0.2) is 83.8 Å².